The van der Waals surface area contributed by atoms with E-state index in [0.717, 1.165) is 6.54 Å². The fraction of sp³-hybridized carbons (Fsp3) is 1.00. The molecule has 90 valence electrons. The molecule has 1 heterocycles. The number of nitrogens with two attached hydrogens (primary N) is 2. The molecule has 1 aliphatic rings. The molecular weight excluding hydrogens is 194 g/mol. The predicted octanol–water partition coefficient (Wildman–Crippen LogP) is 0.302. The van der Waals surface area contributed by atoms with Gasteiger partial charge in [0.25, 0.3) is 0 Å². The van der Waals surface area contributed by atoms with E-state index in [4.69, 9.17) is 21.2 Å². The molecule has 2 unspecified atom stereocenters. The summed E-state index contributed by atoms with van der Waals surface area (Å²) in [6.45, 7) is 10.6. The molecule has 0 aromatic rings. The molecule has 1 aliphatic heterocycles. The SMILES string of the molecule is CC(C)(C)OOC(N)C1(N)NCC1(C)C. The molecule has 5 nitrogen and oxygen atoms in total. The van der Waals surface area contributed by atoms with Crippen LogP contribution in [0, 0.1) is 5.41 Å². The van der Waals surface area contributed by atoms with E-state index in [-0.39, 0.29) is 11.0 Å². The first-order chi connectivity index (χ1) is 6.58. The van der Waals surface area contributed by atoms with Gasteiger partial charge in [0, 0.05) is 12.0 Å². The maximum absolute atomic E-state index is 6.11. The van der Waals surface area contributed by atoms with Gasteiger partial charge in [0.05, 0.1) is 5.60 Å². The molecular formula is C10H23N3O2. The minimum Gasteiger partial charge on any atom is -0.309 e. The Morgan fingerprint density at radius 2 is 1.87 bits per heavy atom. The van der Waals surface area contributed by atoms with E-state index >= 15 is 0 Å². The van der Waals surface area contributed by atoms with Crippen molar-refractivity contribution in [3.63, 3.8) is 0 Å². The summed E-state index contributed by atoms with van der Waals surface area (Å²) < 4.78 is 0. The van der Waals surface area contributed by atoms with E-state index in [1.807, 2.05) is 34.6 Å². The van der Waals surface area contributed by atoms with Crippen LogP contribution in [0.25, 0.3) is 0 Å². The van der Waals surface area contributed by atoms with Crippen molar-refractivity contribution in [3.8, 4) is 0 Å². The number of nitrogens with one attached hydrogen (secondary N) is 1. The van der Waals surface area contributed by atoms with Crippen LogP contribution in [-0.2, 0) is 9.78 Å². The Morgan fingerprint density at radius 1 is 1.33 bits per heavy atom. The van der Waals surface area contributed by atoms with Gasteiger partial charge >= 0.3 is 0 Å². The first kappa shape index (κ1) is 12.9. The van der Waals surface area contributed by atoms with Crippen molar-refractivity contribution in [3.05, 3.63) is 0 Å². The monoisotopic (exact) mass is 217 g/mol. The van der Waals surface area contributed by atoms with Crippen LogP contribution in [0.3, 0.4) is 0 Å². The zero-order valence-corrected chi connectivity index (χ0v) is 10.3. The Hall–Kier alpha value is -0.200. The fourth-order valence-corrected chi connectivity index (χ4v) is 1.40. The molecule has 5 heteroatoms. The van der Waals surface area contributed by atoms with Crippen LogP contribution < -0.4 is 16.8 Å². The maximum atomic E-state index is 6.11. The molecule has 2 atom stereocenters. The third-order valence-electron chi connectivity index (χ3n) is 2.79. The summed E-state index contributed by atoms with van der Waals surface area (Å²) in [6.07, 6.45) is -0.680. The highest BCUT2D eigenvalue weighted by Gasteiger charge is 2.55. The highest BCUT2D eigenvalue weighted by Crippen LogP contribution is 2.36. The van der Waals surface area contributed by atoms with E-state index in [9.17, 15) is 0 Å². The van der Waals surface area contributed by atoms with Gasteiger partial charge in [0.15, 0.2) is 6.23 Å². The summed E-state index contributed by atoms with van der Waals surface area (Å²) in [4.78, 5) is 10.3. The zero-order chi connectivity index (χ0) is 11.9. The Morgan fingerprint density at radius 3 is 2.13 bits per heavy atom. The third-order valence-corrected chi connectivity index (χ3v) is 2.79. The number of hydrogen-bond acceptors (Lipinski definition) is 5. The first-order valence-corrected chi connectivity index (χ1v) is 5.22. The lowest BCUT2D eigenvalue weighted by molar-refractivity contribution is -0.391. The molecule has 0 aromatic heterocycles. The van der Waals surface area contributed by atoms with Gasteiger partial charge in [-0.3, -0.25) is 5.32 Å². The second kappa shape index (κ2) is 3.68. The Balaban J connectivity index is 2.51. The van der Waals surface area contributed by atoms with Crippen molar-refractivity contribution >= 4 is 0 Å². The smallest absolute Gasteiger partial charge is 0.173 e. The summed E-state index contributed by atoms with van der Waals surface area (Å²) >= 11 is 0. The number of rotatable bonds is 3. The third kappa shape index (κ3) is 2.49. The maximum Gasteiger partial charge on any atom is 0.173 e. The van der Waals surface area contributed by atoms with E-state index < -0.39 is 11.9 Å². The van der Waals surface area contributed by atoms with Crippen molar-refractivity contribution in [2.45, 2.75) is 52.1 Å². The van der Waals surface area contributed by atoms with E-state index in [0.29, 0.717) is 0 Å². The summed E-state index contributed by atoms with van der Waals surface area (Å²) in [5.41, 5.74) is 10.8. The second-order valence-electron chi connectivity index (χ2n) is 5.82. The molecule has 0 radical (unpaired) electrons. The Kier molecular flexibility index (Phi) is 3.15. The molecule has 1 rings (SSSR count). The normalized spacial score (nSPS) is 32.2. The van der Waals surface area contributed by atoms with Gasteiger partial charge in [-0.25, -0.2) is 9.78 Å². The molecule has 0 aliphatic carbocycles. The van der Waals surface area contributed by atoms with Gasteiger partial charge < -0.3 is 11.5 Å². The Labute approximate surface area is 91.4 Å². The first-order valence-electron chi connectivity index (χ1n) is 5.22. The van der Waals surface area contributed by atoms with Crippen molar-refractivity contribution in [2.75, 3.05) is 6.54 Å². The molecule has 5 N–H and O–H groups in total. The van der Waals surface area contributed by atoms with Crippen molar-refractivity contribution in [1.29, 1.82) is 0 Å². The van der Waals surface area contributed by atoms with Crippen LogP contribution in [0.2, 0.25) is 0 Å². The molecule has 0 saturated carbocycles. The average molecular weight is 217 g/mol. The Bertz CT molecular complexity index is 237. The lowest BCUT2D eigenvalue weighted by Gasteiger charge is -2.56. The minimum absolute atomic E-state index is 0.0896. The summed E-state index contributed by atoms with van der Waals surface area (Å²) in [5, 5.41) is 3.10. The average Bonchev–Trinajstić information content (AvgIpc) is 2.09. The molecule has 0 amide bonds. The van der Waals surface area contributed by atoms with Crippen LogP contribution in [0.15, 0.2) is 0 Å². The molecule has 1 fully saturated rings. The quantitative estimate of drug-likeness (QED) is 0.360. The van der Waals surface area contributed by atoms with Gasteiger partial charge in [0.1, 0.15) is 5.66 Å². The fourth-order valence-electron chi connectivity index (χ4n) is 1.40. The van der Waals surface area contributed by atoms with Crippen LogP contribution in [0.1, 0.15) is 34.6 Å². The van der Waals surface area contributed by atoms with E-state index in [1.54, 1.807) is 0 Å². The van der Waals surface area contributed by atoms with Crippen LogP contribution in [-0.4, -0.2) is 24.0 Å². The highest BCUT2D eigenvalue weighted by molar-refractivity contribution is 5.08. The topological polar surface area (TPSA) is 82.5 Å². The van der Waals surface area contributed by atoms with E-state index in [2.05, 4.69) is 5.32 Å². The van der Waals surface area contributed by atoms with Crippen LogP contribution >= 0.6 is 0 Å². The van der Waals surface area contributed by atoms with Crippen LogP contribution in [0.5, 0.6) is 0 Å². The molecule has 0 bridgehead atoms. The minimum atomic E-state index is -0.724. The van der Waals surface area contributed by atoms with Gasteiger partial charge in [-0.1, -0.05) is 13.8 Å². The summed E-state index contributed by atoms with van der Waals surface area (Å²) in [6, 6.07) is 0. The van der Waals surface area contributed by atoms with E-state index in [1.165, 1.54) is 0 Å². The molecule has 0 aromatic carbocycles. The molecule has 15 heavy (non-hydrogen) atoms. The van der Waals surface area contributed by atoms with Crippen LogP contribution in [0.4, 0.5) is 0 Å². The zero-order valence-electron chi connectivity index (χ0n) is 10.3. The van der Waals surface area contributed by atoms with Crippen molar-refractivity contribution in [1.82, 2.24) is 5.32 Å². The lowest BCUT2D eigenvalue weighted by Crippen LogP contribution is -2.83. The molecule has 1 saturated heterocycles. The molecule has 0 spiro atoms. The van der Waals surface area contributed by atoms with Crippen molar-refractivity contribution in [2.24, 2.45) is 16.9 Å². The van der Waals surface area contributed by atoms with Gasteiger partial charge in [-0.2, -0.15) is 0 Å². The largest absolute Gasteiger partial charge is 0.309 e. The van der Waals surface area contributed by atoms with Gasteiger partial charge in [-0.15, -0.1) is 0 Å². The standard InChI is InChI=1S/C10H23N3O2/c1-8(2,3)15-14-7(11)10(12)9(4,5)6-13-10/h7,13H,6,11-12H2,1-5H3. The summed E-state index contributed by atoms with van der Waals surface area (Å²) in [5.74, 6) is 0. The lowest BCUT2D eigenvalue weighted by atomic mass is 9.71. The summed E-state index contributed by atoms with van der Waals surface area (Å²) in [7, 11) is 0. The van der Waals surface area contributed by atoms with Crippen molar-refractivity contribution < 1.29 is 9.78 Å². The predicted molar refractivity (Wildman–Crippen MR) is 58.6 cm³/mol. The highest BCUT2D eigenvalue weighted by atomic mass is 17.2. The van der Waals surface area contributed by atoms with Gasteiger partial charge in [-0.05, 0) is 20.8 Å². The number of hydrogen-bond donors (Lipinski definition) is 3. The van der Waals surface area contributed by atoms with Gasteiger partial charge in [0.2, 0.25) is 0 Å². The second-order valence-corrected chi connectivity index (χ2v) is 5.82.